The van der Waals surface area contributed by atoms with E-state index in [2.05, 4.69) is 31.3 Å². The number of hydrogen-bond donors (Lipinski definition) is 2. The van der Waals surface area contributed by atoms with Crippen molar-refractivity contribution >= 4 is 27.4 Å². The Hall–Kier alpha value is -1.39. The van der Waals surface area contributed by atoms with E-state index in [1.165, 1.54) is 20.5 Å². The Kier molecular flexibility index (Phi) is 3.99. The molecule has 0 bridgehead atoms. The second kappa shape index (κ2) is 5.50. The maximum atomic E-state index is 10.5. The van der Waals surface area contributed by atoms with Gasteiger partial charge in [0.2, 0.25) is 0 Å². The highest BCUT2D eigenvalue weighted by atomic mass is 32.1. The molecule has 0 radical (unpaired) electrons. The maximum absolute atomic E-state index is 10.5. The van der Waals surface area contributed by atoms with Crippen molar-refractivity contribution in [2.45, 2.75) is 26.3 Å². The Morgan fingerprint density at radius 1 is 1.44 bits per heavy atom. The molecule has 2 aromatic rings. The SMILES string of the molecule is Cc1c(C(C)NCCC(=O)O)sc2ccccc12. The third kappa shape index (κ3) is 2.71. The fourth-order valence-electron chi connectivity index (χ4n) is 2.09. The number of carbonyl (C=O) groups is 1. The first-order valence-corrected chi connectivity index (χ1v) is 6.84. The van der Waals surface area contributed by atoms with Crippen LogP contribution in [0.15, 0.2) is 24.3 Å². The highest BCUT2D eigenvalue weighted by molar-refractivity contribution is 7.19. The van der Waals surface area contributed by atoms with Crippen molar-refractivity contribution in [3.63, 3.8) is 0 Å². The molecule has 2 N–H and O–H groups in total. The van der Waals surface area contributed by atoms with E-state index in [1.54, 1.807) is 11.3 Å². The van der Waals surface area contributed by atoms with Gasteiger partial charge >= 0.3 is 5.97 Å². The molecular formula is C14H17NO2S. The number of nitrogens with one attached hydrogen (secondary N) is 1. The lowest BCUT2D eigenvalue weighted by atomic mass is 10.1. The van der Waals surface area contributed by atoms with Gasteiger partial charge in [-0.2, -0.15) is 0 Å². The normalized spacial score (nSPS) is 12.8. The average molecular weight is 263 g/mol. The summed E-state index contributed by atoms with van der Waals surface area (Å²) in [7, 11) is 0. The summed E-state index contributed by atoms with van der Waals surface area (Å²) in [5.74, 6) is -0.761. The third-order valence-electron chi connectivity index (χ3n) is 3.06. The van der Waals surface area contributed by atoms with Crippen LogP contribution in [0.3, 0.4) is 0 Å². The van der Waals surface area contributed by atoms with E-state index in [0.29, 0.717) is 6.54 Å². The first-order valence-electron chi connectivity index (χ1n) is 6.03. The monoisotopic (exact) mass is 263 g/mol. The van der Waals surface area contributed by atoms with Gasteiger partial charge in [0.05, 0.1) is 6.42 Å². The zero-order valence-electron chi connectivity index (χ0n) is 10.6. The van der Waals surface area contributed by atoms with Gasteiger partial charge in [-0.3, -0.25) is 4.79 Å². The van der Waals surface area contributed by atoms with Crippen LogP contribution in [0.2, 0.25) is 0 Å². The van der Waals surface area contributed by atoms with Crippen molar-refractivity contribution < 1.29 is 9.90 Å². The first kappa shape index (κ1) is 13.1. The number of aliphatic carboxylic acids is 1. The number of aryl methyl sites for hydroxylation is 1. The topological polar surface area (TPSA) is 49.3 Å². The standard InChI is InChI=1S/C14H17NO2S/c1-9-11-5-3-4-6-12(11)18-14(9)10(2)15-8-7-13(16)17/h3-6,10,15H,7-8H2,1-2H3,(H,16,17). The molecule has 1 heterocycles. The van der Waals surface area contributed by atoms with Crippen molar-refractivity contribution in [2.75, 3.05) is 6.54 Å². The van der Waals surface area contributed by atoms with E-state index >= 15 is 0 Å². The summed E-state index contributed by atoms with van der Waals surface area (Å²) in [5, 5.41) is 13.2. The summed E-state index contributed by atoms with van der Waals surface area (Å²) in [4.78, 5) is 11.8. The predicted molar refractivity (Wildman–Crippen MR) is 75.2 cm³/mol. The van der Waals surface area contributed by atoms with Crippen LogP contribution in [0.1, 0.15) is 29.8 Å². The summed E-state index contributed by atoms with van der Waals surface area (Å²) in [6, 6.07) is 8.55. The number of hydrogen-bond acceptors (Lipinski definition) is 3. The molecule has 0 spiro atoms. The van der Waals surface area contributed by atoms with Crippen LogP contribution in [-0.2, 0) is 4.79 Å². The highest BCUT2D eigenvalue weighted by Gasteiger charge is 2.13. The van der Waals surface area contributed by atoms with Gasteiger partial charge in [-0.15, -0.1) is 11.3 Å². The number of benzene rings is 1. The molecule has 0 aliphatic heterocycles. The Balaban J connectivity index is 2.15. The van der Waals surface area contributed by atoms with Crippen LogP contribution in [-0.4, -0.2) is 17.6 Å². The molecule has 0 fully saturated rings. The molecule has 0 aliphatic rings. The van der Waals surface area contributed by atoms with E-state index in [1.807, 2.05) is 12.1 Å². The first-order chi connectivity index (χ1) is 8.59. The van der Waals surface area contributed by atoms with Gasteiger partial charge in [0.15, 0.2) is 0 Å². The minimum atomic E-state index is -0.761. The molecule has 0 aliphatic carbocycles. The molecule has 1 atom stereocenters. The fraction of sp³-hybridized carbons (Fsp3) is 0.357. The van der Waals surface area contributed by atoms with Crippen molar-refractivity contribution in [1.82, 2.24) is 5.32 Å². The minimum Gasteiger partial charge on any atom is -0.481 e. The molecule has 0 saturated carbocycles. The second-order valence-electron chi connectivity index (χ2n) is 4.41. The Bertz CT molecular complexity index is 562. The zero-order chi connectivity index (χ0) is 13.1. The number of thiophene rings is 1. The number of rotatable bonds is 5. The maximum Gasteiger partial charge on any atom is 0.304 e. The smallest absolute Gasteiger partial charge is 0.304 e. The lowest BCUT2D eigenvalue weighted by Gasteiger charge is -2.12. The summed E-state index contributed by atoms with van der Waals surface area (Å²) < 4.78 is 1.29. The van der Waals surface area contributed by atoms with Crippen LogP contribution in [0.4, 0.5) is 0 Å². The Labute approximate surface area is 110 Å². The molecular weight excluding hydrogens is 246 g/mol. The van der Waals surface area contributed by atoms with E-state index in [9.17, 15) is 4.79 Å². The Morgan fingerprint density at radius 2 is 2.17 bits per heavy atom. The summed E-state index contributed by atoms with van der Waals surface area (Å²) in [6.07, 6.45) is 0.161. The minimum absolute atomic E-state index is 0.161. The summed E-state index contributed by atoms with van der Waals surface area (Å²) >= 11 is 1.78. The summed E-state index contributed by atoms with van der Waals surface area (Å²) in [5.41, 5.74) is 1.30. The lowest BCUT2D eigenvalue weighted by Crippen LogP contribution is -2.21. The third-order valence-corrected chi connectivity index (χ3v) is 4.52. The van der Waals surface area contributed by atoms with Gasteiger partial charge in [-0.25, -0.2) is 0 Å². The van der Waals surface area contributed by atoms with Gasteiger partial charge in [0.1, 0.15) is 0 Å². The van der Waals surface area contributed by atoms with E-state index in [-0.39, 0.29) is 12.5 Å². The van der Waals surface area contributed by atoms with Crippen LogP contribution in [0.5, 0.6) is 0 Å². The molecule has 1 unspecified atom stereocenters. The van der Waals surface area contributed by atoms with Crippen LogP contribution < -0.4 is 5.32 Å². The quantitative estimate of drug-likeness (QED) is 0.870. The van der Waals surface area contributed by atoms with Gasteiger partial charge < -0.3 is 10.4 Å². The molecule has 1 aromatic carbocycles. The molecule has 0 amide bonds. The van der Waals surface area contributed by atoms with Crippen molar-refractivity contribution in [1.29, 1.82) is 0 Å². The Morgan fingerprint density at radius 3 is 2.83 bits per heavy atom. The second-order valence-corrected chi connectivity index (χ2v) is 5.49. The predicted octanol–water partition coefficient (Wildman–Crippen LogP) is 3.34. The van der Waals surface area contributed by atoms with Gasteiger partial charge in [-0.05, 0) is 30.9 Å². The molecule has 0 saturated heterocycles. The molecule has 2 rings (SSSR count). The van der Waals surface area contributed by atoms with Crippen molar-refractivity contribution in [2.24, 2.45) is 0 Å². The van der Waals surface area contributed by atoms with Crippen molar-refractivity contribution in [3.8, 4) is 0 Å². The number of fused-ring (bicyclic) bond motifs is 1. The van der Waals surface area contributed by atoms with E-state index < -0.39 is 5.97 Å². The molecule has 18 heavy (non-hydrogen) atoms. The molecule has 4 heteroatoms. The van der Waals surface area contributed by atoms with Crippen molar-refractivity contribution in [3.05, 3.63) is 34.7 Å². The van der Waals surface area contributed by atoms with E-state index in [0.717, 1.165) is 0 Å². The summed E-state index contributed by atoms with van der Waals surface area (Å²) in [6.45, 7) is 4.72. The van der Waals surface area contributed by atoms with Crippen LogP contribution in [0, 0.1) is 6.92 Å². The van der Waals surface area contributed by atoms with Crippen LogP contribution >= 0.6 is 11.3 Å². The van der Waals surface area contributed by atoms with E-state index in [4.69, 9.17) is 5.11 Å². The highest BCUT2D eigenvalue weighted by Crippen LogP contribution is 2.34. The lowest BCUT2D eigenvalue weighted by molar-refractivity contribution is -0.136. The molecule has 3 nitrogen and oxygen atoms in total. The average Bonchev–Trinajstić information content (AvgIpc) is 2.67. The number of carboxylic acids is 1. The van der Waals surface area contributed by atoms with Crippen LogP contribution in [0.25, 0.3) is 10.1 Å². The van der Waals surface area contributed by atoms with Gasteiger partial charge in [0.25, 0.3) is 0 Å². The molecule has 1 aromatic heterocycles. The van der Waals surface area contributed by atoms with Gasteiger partial charge in [0, 0.05) is 22.2 Å². The van der Waals surface area contributed by atoms with Gasteiger partial charge in [-0.1, -0.05) is 18.2 Å². The largest absolute Gasteiger partial charge is 0.481 e. The zero-order valence-corrected chi connectivity index (χ0v) is 11.4. The molecule has 96 valence electrons. The number of carboxylic acid groups (broad SMARTS) is 1. The fourth-order valence-corrected chi connectivity index (χ4v) is 3.33.